The highest BCUT2D eigenvalue weighted by atomic mass is 35.5. The van der Waals surface area contributed by atoms with Crippen LogP contribution in [0.2, 0.25) is 0 Å². The molecule has 1 N–H and O–H groups in total. The number of rotatable bonds is 2. The van der Waals surface area contributed by atoms with Gasteiger partial charge in [-0.25, -0.2) is 0 Å². The van der Waals surface area contributed by atoms with Gasteiger partial charge in [-0.3, -0.25) is 4.79 Å². The second kappa shape index (κ2) is 5.96. The zero-order chi connectivity index (χ0) is 15.1. The molecular formula is C14H16ClF3N2O2. The first-order valence-corrected chi connectivity index (χ1v) is 6.78. The van der Waals surface area contributed by atoms with Gasteiger partial charge >= 0.3 is 6.36 Å². The van der Waals surface area contributed by atoms with Gasteiger partial charge in [-0.2, -0.15) is 0 Å². The van der Waals surface area contributed by atoms with Crippen LogP contribution < -0.4 is 10.1 Å². The van der Waals surface area contributed by atoms with Crippen LogP contribution in [0.15, 0.2) is 24.3 Å². The zero-order valence-electron chi connectivity index (χ0n) is 11.7. The molecule has 8 heteroatoms. The predicted molar refractivity (Wildman–Crippen MR) is 76.2 cm³/mol. The highest BCUT2D eigenvalue weighted by molar-refractivity contribution is 5.97. The molecule has 1 heterocycles. The maximum absolute atomic E-state index is 12.5. The standard InChI is InChI=1S/C14H15F3N2O2.ClH/c15-14(16,17)21-11-4-2-1-3-10(11)12(20)19-8-7-18-13(9-19)5-6-13;/h1-4,18H,5-9H2;1H. The van der Waals surface area contributed by atoms with Gasteiger partial charge in [-0.15, -0.1) is 25.6 Å². The average Bonchev–Trinajstić information content (AvgIpc) is 3.16. The van der Waals surface area contributed by atoms with Crippen molar-refractivity contribution in [3.05, 3.63) is 29.8 Å². The smallest absolute Gasteiger partial charge is 0.405 e. The van der Waals surface area contributed by atoms with Crippen LogP contribution in [0, 0.1) is 0 Å². The quantitative estimate of drug-likeness (QED) is 0.902. The highest BCUT2D eigenvalue weighted by Crippen LogP contribution is 2.38. The second-order valence-corrected chi connectivity index (χ2v) is 5.48. The summed E-state index contributed by atoms with van der Waals surface area (Å²) >= 11 is 0. The van der Waals surface area contributed by atoms with Crippen molar-refractivity contribution in [3.8, 4) is 5.75 Å². The number of benzene rings is 1. The lowest BCUT2D eigenvalue weighted by Crippen LogP contribution is -2.54. The van der Waals surface area contributed by atoms with Gasteiger partial charge in [-0.05, 0) is 25.0 Å². The van der Waals surface area contributed by atoms with E-state index >= 15 is 0 Å². The Morgan fingerprint density at radius 2 is 1.95 bits per heavy atom. The Bertz CT molecular complexity index is 561. The summed E-state index contributed by atoms with van der Waals surface area (Å²) in [6.45, 7) is 1.68. The van der Waals surface area contributed by atoms with Gasteiger partial charge in [0.1, 0.15) is 5.75 Å². The fourth-order valence-corrected chi connectivity index (χ4v) is 2.64. The fraction of sp³-hybridized carbons (Fsp3) is 0.500. The van der Waals surface area contributed by atoms with E-state index in [1.807, 2.05) is 0 Å². The number of para-hydroxylation sites is 1. The van der Waals surface area contributed by atoms with Crippen molar-refractivity contribution < 1.29 is 22.7 Å². The molecular weight excluding hydrogens is 321 g/mol. The van der Waals surface area contributed by atoms with Gasteiger partial charge in [0.2, 0.25) is 0 Å². The minimum atomic E-state index is -4.81. The predicted octanol–water partition coefficient (Wildman–Crippen LogP) is 2.58. The molecule has 0 bridgehead atoms. The number of hydrogen-bond donors (Lipinski definition) is 1. The number of piperazine rings is 1. The van der Waals surface area contributed by atoms with E-state index in [0.29, 0.717) is 19.6 Å². The van der Waals surface area contributed by atoms with Crippen LogP contribution in [0.5, 0.6) is 5.75 Å². The van der Waals surface area contributed by atoms with E-state index in [0.717, 1.165) is 18.9 Å². The largest absolute Gasteiger partial charge is 0.573 e. The molecule has 1 aromatic rings. The van der Waals surface area contributed by atoms with Gasteiger partial charge in [0.25, 0.3) is 5.91 Å². The van der Waals surface area contributed by atoms with Gasteiger partial charge in [0.05, 0.1) is 5.56 Å². The van der Waals surface area contributed by atoms with Crippen molar-refractivity contribution in [1.29, 1.82) is 0 Å². The van der Waals surface area contributed by atoms with Gasteiger partial charge in [-0.1, -0.05) is 12.1 Å². The van der Waals surface area contributed by atoms with Crippen molar-refractivity contribution in [2.75, 3.05) is 19.6 Å². The van der Waals surface area contributed by atoms with E-state index in [1.54, 1.807) is 4.90 Å². The van der Waals surface area contributed by atoms with E-state index in [9.17, 15) is 18.0 Å². The molecule has 1 aromatic carbocycles. The van der Waals surface area contributed by atoms with Crippen LogP contribution in [0.3, 0.4) is 0 Å². The molecule has 2 fully saturated rings. The molecule has 1 amide bonds. The number of amides is 1. The Morgan fingerprint density at radius 3 is 2.59 bits per heavy atom. The molecule has 22 heavy (non-hydrogen) atoms. The fourth-order valence-electron chi connectivity index (χ4n) is 2.64. The SMILES string of the molecule is Cl.O=C(c1ccccc1OC(F)(F)F)N1CCNC2(CC2)C1. The molecule has 0 aromatic heterocycles. The van der Waals surface area contributed by atoms with E-state index in [-0.39, 0.29) is 23.5 Å². The third kappa shape index (κ3) is 3.64. The molecule has 0 atom stereocenters. The average molecular weight is 337 g/mol. The van der Waals surface area contributed by atoms with Crippen LogP contribution in [0.4, 0.5) is 13.2 Å². The number of nitrogens with zero attached hydrogens (tertiary/aromatic N) is 1. The van der Waals surface area contributed by atoms with E-state index in [4.69, 9.17) is 0 Å². The Labute approximate surface area is 132 Å². The summed E-state index contributed by atoms with van der Waals surface area (Å²) in [6, 6.07) is 5.48. The minimum Gasteiger partial charge on any atom is -0.405 e. The highest BCUT2D eigenvalue weighted by Gasteiger charge is 2.46. The molecule has 1 saturated carbocycles. The first kappa shape index (κ1) is 16.9. The molecule has 0 unspecified atom stereocenters. The number of nitrogens with one attached hydrogen (secondary N) is 1. The van der Waals surface area contributed by atoms with Crippen LogP contribution in [-0.4, -0.2) is 42.3 Å². The molecule has 122 valence electrons. The van der Waals surface area contributed by atoms with Crippen molar-refractivity contribution in [2.45, 2.75) is 24.7 Å². The van der Waals surface area contributed by atoms with Gasteiger partial charge < -0.3 is 15.0 Å². The van der Waals surface area contributed by atoms with Crippen molar-refractivity contribution in [1.82, 2.24) is 10.2 Å². The summed E-state index contributed by atoms with van der Waals surface area (Å²) in [4.78, 5) is 14.1. The summed E-state index contributed by atoms with van der Waals surface area (Å²) in [6.07, 6.45) is -2.81. The van der Waals surface area contributed by atoms with Crippen LogP contribution in [0.1, 0.15) is 23.2 Å². The van der Waals surface area contributed by atoms with Crippen LogP contribution in [-0.2, 0) is 0 Å². The van der Waals surface area contributed by atoms with Crippen molar-refractivity contribution in [3.63, 3.8) is 0 Å². The normalized spacial score (nSPS) is 19.5. The molecule has 3 rings (SSSR count). The molecule has 1 aliphatic carbocycles. The number of carbonyl (C=O) groups excluding carboxylic acids is 1. The zero-order valence-corrected chi connectivity index (χ0v) is 12.5. The maximum Gasteiger partial charge on any atom is 0.573 e. The molecule has 1 aliphatic heterocycles. The number of carbonyl (C=O) groups is 1. The molecule has 1 spiro atoms. The van der Waals surface area contributed by atoms with E-state index < -0.39 is 18.0 Å². The van der Waals surface area contributed by atoms with E-state index in [2.05, 4.69) is 10.1 Å². The van der Waals surface area contributed by atoms with Gasteiger partial charge in [0, 0.05) is 25.2 Å². The topological polar surface area (TPSA) is 41.6 Å². The lowest BCUT2D eigenvalue weighted by atomic mass is 10.1. The lowest BCUT2D eigenvalue weighted by Gasteiger charge is -2.34. The monoisotopic (exact) mass is 336 g/mol. The van der Waals surface area contributed by atoms with Crippen LogP contribution in [0.25, 0.3) is 0 Å². The number of hydrogen-bond acceptors (Lipinski definition) is 3. The first-order chi connectivity index (χ1) is 9.89. The second-order valence-electron chi connectivity index (χ2n) is 5.48. The Hall–Kier alpha value is -1.47. The summed E-state index contributed by atoms with van der Waals surface area (Å²) in [5.74, 6) is -0.860. The lowest BCUT2D eigenvalue weighted by molar-refractivity contribution is -0.274. The number of ether oxygens (including phenoxy) is 1. The van der Waals surface area contributed by atoms with Crippen molar-refractivity contribution in [2.24, 2.45) is 0 Å². The summed E-state index contributed by atoms with van der Waals surface area (Å²) in [5, 5.41) is 3.35. The molecule has 1 saturated heterocycles. The minimum absolute atomic E-state index is 0. The Balaban J connectivity index is 0.00000176. The summed E-state index contributed by atoms with van der Waals surface area (Å²) in [5.41, 5.74) is -0.0687. The van der Waals surface area contributed by atoms with Crippen LogP contribution >= 0.6 is 12.4 Å². The number of halogens is 4. The summed E-state index contributed by atoms with van der Waals surface area (Å²) < 4.78 is 41.2. The first-order valence-electron chi connectivity index (χ1n) is 6.78. The number of alkyl halides is 3. The molecule has 4 nitrogen and oxygen atoms in total. The Morgan fingerprint density at radius 1 is 1.27 bits per heavy atom. The third-order valence-electron chi connectivity index (χ3n) is 3.86. The van der Waals surface area contributed by atoms with Gasteiger partial charge in [0.15, 0.2) is 0 Å². The maximum atomic E-state index is 12.5. The van der Waals surface area contributed by atoms with E-state index in [1.165, 1.54) is 18.2 Å². The third-order valence-corrected chi connectivity index (χ3v) is 3.86. The summed E-state index contributed by atoms with van der Waals surface area (Å²) in [7, 11) is 0. The van der Waals surface area contributed by atoms with Crippen molar-refractivity contribution >= 4 is 18.3 Å². The molecule has 0 radical (unpaired) electrons. The molecule has 2 aliphatic rings. The Kier molecular flexibility index (Phi) is 4.58.